The maximum Gasteiger partial charge on any atom is 0.379 e. The van der Waals surface area contributed by atoms with Crippen molar-refractivity contribution >= 4 is 5.97 Å². The Morgan fingerprint density at radius 2 is 2.57 bits per heavy atom. The SMILES string of the molecule is COC(=O)C1(O)CC2CC=CC=C2O1. The number of ether oxygens (including phenoxy) is 2. The molecule has 2 rings (SSSR count). The summed E-state index contributed by atoms with van der Waals surface area (Å²) < 4.78 is 9.68. The van der Waals surface area contributed by atoms with Gasteiger partial charge in [0.25, 0.3) is 0 Å². The van der Waals surface area contributed by atoms with Crippen molar-refractivity contribution in [1.82, 2.24) is 0 Å². The van der Waals surface area contributed by atoms with Crippen LogP contribution in [0.1, 0.15) is 12.8 Å². The maximum atomic E-state index is 11.2. The van der Waals surface area contributed by atoms with Gasteiger partial charge in [-0.3, -0.25) is 0 Å². The summed E-state index contributed by atoms with van der Waals surface area (Å²) >= 11 is 0. The summed E-state index contributed by atoms with van der Waals surface area (Å²) in [6.07, 6.45) is 6.69. The van der Waals surface area contributed by atoms with Gasteiger partial charge in [-0.1, -0.05) is 12.2 Å². The molecule has 4 nitrogen and oxygen atoms in total. The van der Waals surface area contributed by atoms with E-state index >= 15 is 0 Å². The van der Waals surface area contributed by atoms with Crippen molar-refractivity contribution in [2.45, 2.75) is 18.6 Å². The van der Waals surface area contributed by atoms with Crippen molar-refractivity contribution in [3.63, 3.8) is 0 Å². The summed E-state index contributed by atoms with van der Waals surface area (Å²) in [7, 11) is 1.23. The number of allylic oxidation sites excluding steroid dienone is 4. The number of hydrogen-bond acceptors (Lipinski definition) is 4. The lowest BCUT2D eigenvalue weighted by atomic mass is 9.94. The Labute approximate surface area is 81.8 Å². The van der Waals surface area contributed by atoms with Crippen molar-refractivity contribution in [3.05, 3.63) is 24.0 Å². The molecule has 1 aliphatic heterocycles. The number of carbonyl (C=O) groups is 1. The second-order valence-electron chi connectivity index (χ2n) is 3.51. The molecule has 1 aliphatic carbocycles. The monoisotopic (exact) mass is 196 g/mol. The minimum Gasteiger partial charge on any atom is -0.464 e. The molecule has 0 aromatic heterocycles. The van der Waals surface area contributed by atoms with Crippen molar-refractivity contribution in [3.8, 4) is 0 Å². The molecule has 1 heterocycles. The van der Waals surface area contributed by atoms with Crippen molar-refractivity contribution in [2.24, 2.45) is 5.92 Å². The highest BCUT2D eigenvalue weighted by Crippen LogP contribution is 2.40. The van der Waals surface area contributed by atoms with Gasteiger partial charge in [0.05, 0.1) is 7.11 Å². The summed E-state index contributed by atoms with van der Waals surface area (Å²) in [6.45, 7) is 0. The third-order valence-corrected chi connectivity index (χ3v) is 2.53. The van der Waals surface area contributed by atoms with E-state index in [9.17, 15) is 9.90 Å². The van der Waals surface area contributed by atoms with Gasteiger partial charge in [-0.05, 0) is 12.5 Å². The highest BCUT2D eigenvalue weighted by molar-refractivity contribution is 5.78. The number of fused-ring (bicyclic) bond motifs is 1. The van der Waals surface area contributed by atoms with Gasteiger partial charge in [0, 0.05) is 12.3 Å². The minimum atomic E-state index is -1.78. The molecule has 14 heavy (non-hydrogen) atoms. The van der Waals surface area contributed by atoms with Gasteiger partial charge in [0.2, 0.25) is 0 Å². The molecule has 1 N–H and O–H groups in total. The quantitative estimate of drug-likeness (QED) is 0.628. The zero-order chi connectivity index (χ0) is 10.2. The van der Waals surface area contributed by atoms with Crippen molar-refractivity contribution in [2.75, 3.05) is 7.11 Å². The van der Waals surface area contributed by atoms with E-state index < -0.39 is 11.8 Å². The number of hydrogen-bond donors (Lipinski definition) is 1. The summed E-state index contributed by atoms with van der Waals surface area (Å²) in [4.78, 5) is 11.2. The van der Waals surface area contributed by atoms with Gasteiger partial charge in [0.1, 0.15) is 5.76 Å². The molecule has 4 heteroatoms. The molecule has 0 amide bonds. The Morgan fingerprint density at radius 1 is 1.79 bits per heavy atom. The number of rotatable bonds is 1. The lowest BCUT2D eigenvalue weighted by molar-refractivity contribution is -0.202. The molecule has 0 radical (unpaired) electrons. The maximum absolute atomic E-state index is 11.2. The number of aliphatic hydroxyl groups is 1. The summed E-state index contributed by atoms with van der Waals surface area (Å²) in [6, 6.07) is 0. The number of carbonyl (C=O) groups excluding carboxylic acids is 1. The van der Waals surface area contributed by atoms with E-state index in [2.05, 4.69) is 4.74 Å². The van der Waals surface area contributed by atoms with E-state index in [0.29, 0.717) is 5.76 Å². The van der Waals surface area contributed by atoms with Crippen molar-refractivity contribution in [1.29, 1.82) is 0 Å². The van der Waals surface area contributed by atoms with Crippen LogP contribution >= 0.6 is 0 Å². The van der Waals surface area contributed by atoms with Gasteiger partial charge in [-0.2, -0.15) is 0 Å². The van der Waals surface area contributed by atoms with Gasteiger partial charge in [-0.25, -0.2) is 4.79 Å². The van der Waals surface area contributed by atoms with Crippen LogP contribution in [0.4, 0.5) is 0 Å². The van der Waals surface area contributed by atoms with Crippen LogP contribution in [0, 0.1) is 5.92 Å². The van der Waals surface area contributed by atoms with Crippen LogP contribution in [0.3, 0.4) is 0 Å². The second kappa shape index (κ2) is 3.13. The van der Waals surface area contributed by atoms with Crippen LogP contribution in [0.25, 0.3) is 0 Å². The molecule has 0 saturated carbocycles. The topological polar surface area (TPSA) is 55.8 Å². The molecule has 1 saturated heterocycles. The predicted molar refractivity (Wildman–Crippen MR) is 48.0 cm³/mol. The average Bonchev–Trinajstić information content (AvgIpc) is 2.54. The van der Waals surface area contributed by atoms with Crippen LogP contribution in [-0.2, 0) is 14.3 Å². The van der Waals surface area contributed by atoms with Crippen LogP contribution in [0.5, 0.6) is 0 Å². The van der Waals surface area contributed by atoms with Gasteiger partial charge in [-0.15, -0.1) is 0 Å². The normalized spacial score (nSPS) is 34.4. The fourth-order valence-electron chi connectivity index (χ4n) is 1.81. The first-order valence-corrected chi connectivity index (χ1v) is 4.52. The van der Waals surface area contributed by atoms with Crippen LogP contribution in [0.15, 0.2) is 24.0 Å². The molecule has 2 atom stereocenters. The molecule has 0 aromatic carbocycles. The average molecular weight is 196 g/mol. The lowest BCUT2D eigenvalue weighted by Gasteiger charge is -2.18. The molecule has 0 bridgehead atoms. The molecule has 2 aliphatic rings. The molecular formula is C10H12O4. The van der Waals surface area contributed by atoms with E-state index in [1.165, 1.54) is 7.11 Å². The third kappa shape index (κ3) is 1.32. The molecule has 0 aromatic rings. The predicted octanol–water partition coefficient (Wildman–Crippen LogP) is 0.728. The minimum absolute atomic E-state index is 0.101. The van der Waals surface area contributed by atoms with E-state index in [1.54, 1.807) is 6.08 Å². The fraction of sp³-hybridized carbons (Fsp3) is 0.500. The van der Waals surface area contributed by atoms with Gasteiger partial charge < -0.3 is 14.6 Å². The molecular weight excluding hydrogens is 184 g/mol. The highest BCUT2D eigenvalue weighted by Gasteiger charge is 2.49. The Bertz CT molecular complexity index is 318. The summed E-state index contributed by atoms with van der Waals surface area (Å²) in [5, 5.41) is 9.83. The van der Waals surface area contributed by atoms with Crippen LogP contribution in [-0.4, -0.2) is 24.0 Å². The second-order valence-corrected chi connectivity index (χ2v) is 3.51. The Kier molecular flexibility index (Phi) is 2.07. The first-order valence-electron chi connectivity index (χ1n) is 4.52. The number of methoxy groups -OCH3 is 1. The zero-order valence-electron chi connectivity index (χ0n) is 7.90. The van der Waals surface area contributed by atoms with Gasteiger partial charge >= 0.3 is 11.8 Å². The molecule has 76 valence electrons. The van der Waals surface area contributed by atoms with Crippen LogP contribution in [0.2, 0.25) is 0 Å². The van der Waals surface area contributed by atoms with E-state index in [4.69, 9.17) is 4.74 Å². The van der Waals surface area contributed by atoms with E-state index in [0.717, 1.165) is 6.42 Å². The van der Waals surface area contributed by atoms with Crippen LogP contribution < -0.4 is 0 Å². The molecule has 2 unspecified atom stereocenters. The first-order chi connectivity index (χ1) is 6.65. The summed E-state index contributed by atoms with van der Waals surface area (Å²) in [5.74, 6) is -1.74. The Balaban J connectivity index is 2.18. The molecule has 0 spiro atoms. The lowest BCUT2D eigenvalue weighted by Crippen LogP contribution is -2.38. The fourth-order valence-corrected chi connectivity index (χ4v) is 1.81. The Hall–Kier alpha value is -1.29. The van der Waals surface area contributed by atoms with E-state index in [-0.39, 0.29) is 12.3 Å². The van der Waals surface area contributed by atoms with Crippen molar-refractivity contribution < 1.29 is 19.4 Å². The Morgan fingerprint density at radius 3 is 3.21 bits per heavy atom. The smallest absolute Gasteiger partial charge is 0.379 e. The third-order valence-electron chi connectivity index (χ3n) is 2.53. The largest absolute Gasteiger partial charge is 0.464 e. The summed E-state index contributed by atoms with van der Waals surface area (Å²) in [5.41, 5.74) is 0. The van der Waals surface area contributed by atoms with Gasteiger partial charge in [0.15, 0.2) is 0 Å². The highest BCUT2D eigenvalue weighted by atomic mass is 16.7. The van der Waals surface area contributed by atoms with E-state index in [1.807, 2.05) is 12.2 Å². The zero-order valence-corrected chi connectivity index (χ0v) is 7.90. The standard InChI is InChI=1S/C10H12O4/c1-13-9(11)10(12)6-7-4-2-3-5-8(7)14-10/h2-3,5,7,12H,4,6H2,1H3. The number of esters is 1. The molecule has 1 fully saturated rings. The first kappa shape index (κ1) is 9.27.